The van der Waals surface area contributed by atoms with Crippen LogP contribution in [0.4, 0.5) is 0 Å². The van der Waals surface area contributed by atoms with Crippen LogP contribution in [-0.2, 0) is 9.59 Å². The summed E-state index contributed by atoms with van der Waals surface area (Å²) in [5.74, 6) is 8.87. The molecule has 278 valence electrons. The van der Waals surface area contributed by atoms with Crippen LogP contribution in [0, 0.1) is 23.7 Å². The molecule has 2 amide bonds. The summed E-state index contributed by atoms with van der Waals surface area (Å²) in [6.07, 6.45) is 7.35. The van der Waals surface area contributed by atoms with E-state index in [0.29, 0.717) is 0 Å². The molecule has 2 aliphatic rings. The van der Waals surface area contributed by atoms with Crippen LogP contribution in [0.15, 0.2) is 36.7 Å². The second-order valence-corrected chi connectivity index (χ2v) is 13.9. The van der Waals surface area contributed by atoms with Crippen LogP contribution < -0.4 is 0 Å². The summed E-state index contributed by atoms with van der Waals surface area (Å²) < 4.78 is 0. The predicted octanol–water partition coefficient (Wildman–Crippen LogP) is 5.15. The molecule has 2 aliphatic heterocycles. The van der Waals surface area contributed by atoms with Crippen LogP contribution in [0.3, 0.4) is 0 Å². The van der Waals surface area contributed by atoms with E-state index in [2.05, 4.69) is 54.5 Å². The minimum absolute atomic E-state index is 0. The number of carbonyl (C=O) groups is 2. The second-order valence-electron chi connectivity index (χ2n) is 13.9. The lowest BCUT2D eigenvalue weighted by Crippen LogP contribution is -2.48. The Morgan fingerprint density at radius 1 is 0.720 bits per heavy atom. The standard InChI is InChI=1S/C36H50N8O2.4H2S/c1-23(2)31(41(5)6)35(45)43-19-9-11-29(43)33-37-21-27(39-33)18-15-25-13-16-26(17-14-25)28-22-38-34(40-28)30-12-10-20-44(30)36(46)32(24(3)4)42(7)8;;;;/h13-14,16-17,21-24,29-32H,9-12,19-20H2,1-8H3,(H,37,39)(H,38,40);4*1H2/t29-,30-,31-,32-;;;;/m0..../s1. The van der Waals surface area contributed by atoms with Gasteiger partial charge in [0.2, 0.25) is 11.8 Å². The fourth-order valence-electron chi connectivity index (χ4n) is 7.27. The molecular formula is C36H58N8O2S4. The first-order valence-electron chi connectivity index (χ1n) is 16.6. The number of rotatable bonds is 9. The molecule has 0 unspecified atom stereocenters. The van der Waals surface area contributed by atoms with Crippen LogP contribution in [0.1, 0.15) is 88.4 Å². The zero-order valence-corrected chi connectivity index (χ0v) is 34.7. The van der Waals surface area contributed by atoms with Gasteiger partial charge in [0.15, 0.2) is 0 Å². The summed E-state index contributed by atoms with van der Waals surface area (Å²) in [6.45, 7) is 9.89. The Kier molecular flexibility index (Phi) is 18.1. The topological polar surface area (TPSA) is 104 Å². The molecule has 4 heterocycles. The third-order valence-electron chi connectivity index (χ3n) is 9.31. The van der Waals surface area contributed by atoms with Gasteiger partial charge in [-0.2, -0.15) is 54.0 Å². The molecule has 0 bridgehead atoms. The number of aromatic amines is 2. The third kappa shape index (κ3) is 10.1. The smallest absolute Gasteiger partial charge is 0.240 e. The minimum atomic E-state index is -0.154. The summed E-state index contributed by atoms with van der Waals surface area (Å²) >= 11 is 0. The normalized spacial score (nSPS) is 18.2. The van der Waals surface area contributed by atoms with Crippen molar-refractivity contribution in [3.63, 3.8) is 0 Å². The number of aromatic nitrogens is 4. The van der Waals surface area contributed by atoms with E-state index in [0.717, 1.165) is 72.9 Å². The highest BCUT2D eigenvalue weighted by molar-refractivity contribution is 7.59. The Hall–Kier alpha value is -2.54. The molecule has 0 radical (unpaired) electrons. The van der Waals surface area contributed by atoms with Gasteiger partial charge in [-0.05, 0) is 89.3 Å². The third-order valence-corrected chi connectivity index (χ3v) is 9.31. The number of nitrogens with one attached hydrogen (secondary N) is 2. The minimum Gasteiger partial charge on any atom is -0.340 e. The average molecular weight is 763 g/mol. The van der Waals surface area contributed by atoms with Crippen molar-refractivity contribution in [2.45, 2.75) is 77.5 Å². The number of benzene rings is 1. The number of likely N-dealkylation sites (tertiary alicyclic amines) is 2. The van der Waals surface area contributed by atoms with Gasteiger partial charge in [-0.3, -0.25) is 19.4 Å². The Labute approximate surface area is 326 Å². The SMILES string of the molecule is CC(C)[C@@H](C(=O)N1CCC[C@H]1c1ncc(C#Cc2ccc(-c3cnc([C@@H]4CCCN4C(=O)[C@H](C(C)C)N(C)C)[nH]3)cc2)[nH]1)N(C)C.S.S.S.S. The summed E-state index contributed by atoms with van der Waals surface area (Å²) in [6, 6.07) is 7.68. The van der Waals surface area contributed by atoms with Crippen molar-refractivity contribution < 1.29 is 9.59 Å². The molecule has 2 fully saturated rings. The van der Waals surface area contributed by atoms with E-state index in [4.69, 9.17) is 4.98 Å². The molecule has 1 aromatic carbocycles. The number of imidazole rings is 2. The summed E-state index contributed by atoms with van der Waals surface area (Å²) in [7, 11) is 7.88. The number of hydrogen-bond acceptors (Lipinski definition) is 6. The van der Waals surface area contributed by atoms with Crippen LogP contribution in [0.2, 0.25) is 0 Å². The van der Waals surface area contributed by atoms with Gasteiger partial charge in [0.25, 0.3) is 0 Å². The maximum absolute atomic E-state index is 13.5. The summed E-state index contributed by atoms with van der Waals surface area (Å²) in [4.78, 5) is 51.1. The quantitative estimate of drug-likeness (QED) is 0.293. The number of likely N-dealkylation sites (N-methyl/N-ethyl adjacent to an activating group) is 2. The van der Waals surface area contributed by atoms with E-state index < -0.39 is 0 Å². The number of nitrogens with zero attached hydrogens (tertiary/aromatic N) is 6. The summed E-state index contributed by atoms with van der Waals surface area (Å²) in [5.41, 5.74) is 3.55. The van der Waals surface area contributed by atoms with Gasteiger partial charge in [-0.15, -0.1) is 0 Å². The first-order valence-corrected chi connectivity index (χ1v) is 16.6. The lowest BCUT2D eigenvalue weighted by atomic mass is 10.0. The molecule has 2 N–H and O–H groups in total. The lowest BCUT2D eigenvalue weighted by molar-refractivity contribution is -0.139. The highest BCUT2D eigenvalue weighted by atomic mass is 32.1. The van der Waals surface area contributed by atoms with Crippen LogP contribution in [0.25, 0.3) is 11.3 Å². The molecule has 14 heteroatoms. The van der Waals surface area contributed by atoms with Crippen molar-refractivity contribution in [2.75, 3.05) is 41.3 Å². The van der Waals surface area contributed by atoms with E-state index in [-0.39, 0.29) is 102 Å². The van der Waals surface area contributed by atoms with E-state index in [1.54, 1.807) is 6.20 Å². The van der Waals surface area contributed by atoms with Crippen LogP contribution in [0.5, 0.6) is 0 Å². The van der Waals surface area contributed by atoms with E-state index >= 15 is 0 Å². The molecule has 50 heavy (non-hydrogen) atoms. The van der Waals surface area contributed by atoms with Gasteiger partial charge in [0.1, 0.15) is 17.3 Å². The van der Waals surface area contributed by atoms with Gasteiger partial charge < -0.3 is 19.8 Å². The van der Waals surface area contributed by atoms with Crippen molar-refractivity contribution in [1.29, 1.82) is 0 Å². The fraction of sp³-hybridized carbons (Fsp3) is 0.556. The van der Waals surface area contributed by atoms with Gasteiger partial charge in [-0.1, -0.05) is 45.7 Å². The maximum atomic E-state index is 13.5. The number of amides is 2. The number of carbonyl (C=O) groups excluding carboxylic acids is 2. The molecule has 0 spiro atoms. The molecule has 0 saturated carbocycles. The molecule has 2 saturated heterocycles. The van der Waals surface area contributed by atoms with Gasteiger partial charge in [0.05, 0.1) is 42.3 Å². The monoisotopic (exact) mass is 762 g/mol. The summed E-state index contributed by atoms with van der Waals surface area (Å²) in [5, 5.41) is 0. The average Bonchev–Trinajstić information content (AvgIpc) is 3.82. The molecular weight excluding hydrogens is 705 g/mol. The van der Waals surface area contributed by atoms with Crippen molar-refractivity contribution in [3.8, 4) is 23.1 Å². The lowest BCUT2D eigenvalue weighted by Gasteiger charge is -2.33. The Morgan fingerprint density at radius 2 is 1.18 bits per heavy atom. The Morgan fingerprint density at radius 3 is 1.64 bits per heavy atom. The molecule has 4 atom stereocenters. The van der Waals surface area contributed by atoms with Crippen LogP contribution >= 0.6 is 54.0 Å². The van der Waals surface area contributed by atoms with Crippen molar-refractivity contribution >= 4 is 65.8 Å². The molecule has 3 aromatic rings. The zero-order valence-electron chi connectivity index (χ0n) is 30.7. The zero-order chi connectivity index (χ0) is 33.1. The van der Waals surface area contributed by atoms with Gasteiger partial charge >= 0.3 is 0 Å². The first kappa shape index (κ1) is 45.5. The van der Waals surface area contributed by atoms with Crippen LogP contribution in [-0.4, -0.2) is 105 Å². The van der Waals surface area contributed by atoms with E-state index in [1.165, 1.54) is 0 Å². The Bertz CT molecular complexity index is 1560. The predicted molar refractivity (Wildman–Crippen MR) is 222 cm³/mol. The van der Waals surface area contributed by atoms with E-state index in [9.17, 15) is 9.59 Å². The molecule has 5 rings (SSSR count). The largest absolute Gasteiger partial charge is 0.340 e. The van der Waals surface area contributed by atoms with Crippen molar-refractivity contribution in [2.24, 2.45) is 11.8 Å². The van der Waals surface area contributed by atoms with Gasteiger partial charge in [0, 0.05) is 18.7 Å². The molecule has 10 nitrogen and oxygen atoms in total. The van der Waals surface area contributed by atoms with E-state index in [1.807, 2.05) is 78.3 Å². The highest BCUT2D eigenvalue weighted by Crippen LogP contribution is 2.34. The van der Waals surface area contributed by atoms with Gasteiger partial charge in [-0.25, -0.2) is 9.97 Å². The number of H-pyrrole nitrogens is 2. The first-order chi connectivity index (χ1) is 22.0. The van der Waals surface area contributed by atoms with Crippen molar-refractivity contribution in [3.05, 3.63) is 59.6 Å². The molecule has 0 aliphatic carbocycles. The molecule has 2 aromatic heterocycles. The number of hydrogen-bond donors (Lipinski definition) is 2. The Balaban J connectivity index is 0.00000312. The maximum Gasteiger partial charge on any atom is 0.240 e. The fourth-order valence-corrected chi connectivity index (χ4v) is 7.27. The van der Waals surface area contributed by atoms with Crippen molar-refractivity contribution in [1.82, 2.24) is 39.5 Å². The highest BCUT2D eigenvalue weighted by Gasteiger charge is 2.38. The second kappa shape index (κ2) is 19.9.